The number of carbonyl (C=O) groups is 2. The predicted octanol–water partition coefficient (Wildman–Crippen LogP) is 0.874. The molecule has 2 rings (SSSR count). The first-order chi connectivity index (χ1) is 8.77. The molecule has 0 bridgehead atoms. The van der Waals surface area contributed by atoms with E-state index < -0.39 is 0 Å². The largest absolute Gasteiger partial charge is 0.381 e. The van der Waals surface area contributed by atoms with E-state index in [9.17, 15) is 9.59 Å². The highest BCUT2D eigenvalue weighted by Gasteiger charge is 2.21. The van der Waals surface area contributed by atoms with Crippen molar-refractivity contribution >= 4 is 11.8 Å². The lowest BCUT2D eigenvalue weighted by Crippen LogP contribution is -2.45. The van der Waals surface area contributed by atoms with Gasteiger partial charge in [-0.05, 0) is 25.0 Å². The molecule has 1 aliphatic heterocycles. The number of amides is 2. The molecule has 0 radical (unpaired) electrons. The summed E-state index contributed by atoms with van der Waals surface area (Å²) in [5, 5.41) is 0. The average Bonchev–Trinajstić information content (AvgIpc) is 2.46. The van der Waals surface area contributed by atoms with Crippen LogP contribution in [0.5, 0.6) is 0 Å². The summed E-state index contributed by atoms with van der Waals surface area (Å²) in [4.78, 5) is 23.4. The van der Waals surface area contributed by atoms with Gasteiger partial charge in [-0.3, -0.25) is 20.4 Å². The number of nitrogens with one attached hydrogen (secondary N) is 2. The highest BCUT2D eigenvalue weighted by Crippen LogP contribution is 2.14. The molecule has 5 heteroatoms. The molecule has 0 unspecified atom stereocenters. The highest BCUT2D eigenvalue weighted by atomic mass is 16.5. The number of carbonyl (C=O) groups excluding carboxylic acids is 2. The van der Waals surface area contributed by atoms with Gasteiger partial charge >= 0.3 is 0 Å². The summed E-state index contributed by atoms with van der Waals surface area (Å²) in [7, 11) is 0. The quantitative estimate of drug-likeness (QED) is 0.763. The van der Waals surface area contributed by atoms with Crippen LogP contribution in [0.4, 0.5) is 0 Å². The van der Waals surface area contributed by atoms with Gasteiger partial charge in [0.2, 0.25) is 5.91 Å². The molecule has 0 atom stereocenters. The van der Waals surface area contributed by atoms with Crippen molar-refractivity contribution in [3.05, 3.63) is 35.9 Å². The SMILES string of the molecule is O=C(NNC(=O)C1CCOCC1)c1ccccc1. The Balaban J connectivity index is 1.80. The lowest BCUT2D eigenvalue weighted by atomic mass is 10.00. The van der Waals surface area contributed by atoms with Gasteiger partial charge in [0, 0.05) is 24.7 Å². The summed E-state index contributed by atoms with van der Waals surface area (Å²) in [5.74, 6) is -0.534. The fourth-order valence-electron chi connectivity index (χ4n) is 1.84. The van der Waals surface area contributed by atoms with E-state index in [0.29, 0.717) is 31.6 Å². The summed E-state index contributed by atoms with van der Waals surface area (Å²) in [6.45, 7) is 1.20. The molecular formula is C13H16N2O3. The van der Waals surface area contributed by atoms with Gasteiger partial charge in [0.25, 0.3) is 5.91 Å². The molecule has 0 aromatic heterocycles. The fourth-order valence-corrected chi connectivity index (χ4v) is 1.84. The average molecular weight is 248 g/mol. The third-order valence-corrected chi connectivity index (χ3v) is 2.93. The van der Waals surface area contributed by atoms with Crippen molar-refractivity contribution in [3.63, 3.8) is 0 Å². The molecule has 1 saturated heterocycles. The van der Waals surface area contributed by atoms with E-state index in [-0.39, 0.29) is 17.7 Å². The van der Waals surface area contributed by atoms with Crippen molar-refractivity contribution in [2.24, 2.45) is 5.92 Å². The number of rotatable bonds is 2. The van der Waals surface area contributed by atoms with Crippen molar-refractivity contribution in [1.82, 2.24) is 10.9 Å². The summed E-state index contributed by atoms with van der Waals surface area (Å²) >= 11 is 0. The molecule has 2 N–H and O–H groups in total. The highest BCUT2D eigenvalue weighted by molar-refractivity contribution is 5.95. The Labute approximate surface area is 105 Å². The third-order valence-electron chi connectivity index (χ3n) is 2.93. The summed E-state index contributed by atoms with van der Waals surface area (Å²) in [6.07, 6.45) is 1.40. The fraction of sp³-hybridized carbons (Fsp3) is 0.385. The molecule has 0 spiro atoms. The summed E-state index contributed by atoms with van der Waals surface area (Å²) in [6, 6.07) is 8.76. The molecule has 1 aromatic carbocycles. The minimum atomic E-state index is -0.309. The van der Waals surface area contributed by atoms with Crippen LogP contribution in [0, 0.1) is 5.92 Å². The maximum atomic E-state index is 11.8. The Kier molecular flexibility index (Phi) is 4.30. The van der Waals surface area contributed by atoms with Gasteiger partial charge in [-0.2, -0.15) is 0 Å². The van der Waals surface area contributed by atoms with Crippen LogP contribution in [0.3, 0.4) is 0 Å². The lowest BCUT2D eigenvalue weighted by molar-refractivity contribution is -0.128. The third kappa shape index (κ3) is 3.30. The van der Waals surface area contributed by atoms with E-state index in [1.807, 2.05) is 6.07 Å². The monoisotopic (exact) mass is 248 g/mol. The minimum Gasteiger partial charge on any atom is -0.381 e. The van der Waals surface area contributed by atoms with Gasteiger partial charge in [0.15, 0.2) is 0 Å². The van der Waals surface area contributed by atoms with E-state index in [1.54, 1.807) is 24.3 Å². The van der Waals surface area contributed by atoms with Crippen molar-refractivity contribution in [2.75, 3.05) is 13.2 Å². The van der Waals surface area contributed by atoms with Crippen LogP contribution in [0.15, 0.2) is 30.3 Å². The smallest absolute Gasteiger partial charge is 0.269 e. The maximum absolute atomic E-state index is 11.8. The van der Waals surface area contributed by atoms with Crippen LogP contribution in [-0.4, -0.2) is 25.0 Å². The normalized spacial score (nSPS) is 16.0. The van der Waals surface area contributed by atoms with Crippen molar-refractivity contribution in [1.29, 1.82) is 0 Å². The van der Waals surface area contributed by atoms with E-state index >= 15 is 0 Å². The van der Waals surface area contributed by atoms with Crippen molar-refractivity contribution in [2.45, 2.75) is 12.8 Å². The van der Waals surface area contributed by atoms with Crippen LogP contribution >= 0.6 is 0 Å². The number of hydrazine groups is 1. The molecule has 2 amide bonds. The first-order valence-corrected chi connectivity index (χ1v) is 6.00. The van der Waals surface area contributed by atoms with Gasteiger partial charge in [0.05, 0.1) is 0 Å². The maximum Gasteiger partial charge on any atom is 0.269 e. The Bertz CT molecular complexity index is 414. The molecule has 1 heterocycles. The molecule has 18 heavy (non-hydrogen) atoms. The van der Waals surface area contributed by atoms with E-state index in [0.717, 1.165) is 0 Å². The molecule has 1 aliphatic rings. The molecule has 1 aromatic rings. The Hall–Kier alpha value is -1.88. The summed E-state index contributed by atoms with van der Waals surface area (Å²) in [5.41, 5.74) is 5.39. The van der Waals surface area contributed by atoms with E-state index in [2.05, 4.69) is 10.9 Å². The molecule has 5 nitrogen and oxygen atoms in total. The van der Waals surface area contributed by atoms with E-state index in [4.69, 9.17) is 4.74 Å². The Morgan fingerprint density at radius 2 is 1.72 bits per heavy atom. The summed E-state index contributed by atoms with van der Waals surface area (Å²) < 4.78 is 5.18. The molecule has 0 saturated carbocycles. The lowest BCUT2D eigenvalue weighted by Gasteiger charge is -2.21. The van der Waals surface area contributed by atoms with E-state index in [1.165, 1.54) is 0 Å². The number of hydrogen-bond acceptors (Lipinski definition) is 3. The zero-order chi connectivity index (χ0) is 12.8. The van der Waals surface area contributed by atoms with Crippen LogP contribution in [0.1, 0.15) is 23.2 Å². The number of benzene rings is 1. The Morgan fingerprint density at radius 1 is 1.06 bits per heavy atom. The van der Waals surface area contributed by atoms with Crippen molar-refractivity contribution in [3.8, 4) is 0 Å². The standard InChI is InChI=1S/C13H16N2O3/c16-12(10-4-2-1-3-5-10)14-15-13(17)11-6-8-18-9-7-11/h1-5,11H,6-9H2,(H,14,16)(H,15,17). The van der Waals surface area contributed by atoms with Crippen molar-refractivity contribution < 1.29 is 14.3 Å². The minimum absolute atomic E-state index is 0.0742. The molecule has 0 aliphatic carbocycles. The Morgan fingerprint density at radius 3 is 2.39 bits per heavy atom. The van der Waals surface area contributed by atoms with Crippen LogP contribution < -0.4 is 10.9 Å². The van der Waals surface area contributed by atoms with Crippen LogP contribution in [0.25, 0.3) is 0 Å². The second kappa shape index (κ2) is 6.16. The zero-order valence-corrected chi connectivity index (χ0v) is 10.0. The first-order valence-electron chi connectivity index (χ1n) is 6.00. The van der Waals surface area contributed by atoms with Crippen LogP contribution in [-0.2, 0) is 9.53 Å². The topological polar surface area (TPSA) is 67.4 Å². The number of hydrogen-bond donors (Lipinski definition) is 2. The molecular weight excluding hydrogens is 232 g/mol. The number of ether oxygens (including phenoxy) is 1. The second-order valence-corrected chi connectivity index (χ2v) is 4.20. The predicted molar refractivity (Wildman–Crippen MR) is 65.6 cm³/mol. The van der Waals surface area contributed by atoms with Gasteiger partial charge in [-0.25, -0.2) is 0 Å². The van der Waals surface area contributed by atoms with Gasteiger partial charge in [-0.15, -0.1) is 0 Å². The van der Waals surface area contributed by atoms with Crippen LogP contribution in [0.2, 0.25) is 0 Å². The van der Waals surface area contributed by atoms with Gasteiger partial charge < -0.3 is 4.74 Å². The second-order valence-electron chi connectivity index (χ2n) is 4.20. The van der Waals surface area contributed by atoms with Gasteiger partial charge in [0.1, 0.15) is 0 Å². The molecule has 96 valence electrons. The zero-order valence-electron chi connectivity index (χ0n) is 10.0. The first kappa shape index (κ1) is 12.6. The van der Waals surface area contributed by atoms with Gasteiger partial charge in [-0.1, -0.05) is 18.2 Å². The molecule has 1 fully saturated rings.